The average Bonchev–Trinajstić information content (AvgIpc) is 1.87. The van der Waals surface area contributed by atoms with Crippen molar-refractivity contribution >= 4 is 5.97 Å². The van der Waals surface area contributed by atoms with Crippen molar-refractivity contribution in [2.45, 2.75) is 13.3 Å². The summed E-state index contributed by atoms with van der Waals surface area (Å²) < 4.78 is 4.25. The highest BCUT2D eigenvalue weighted by Crippen LogP contribution is 1.93. The topological polar surface area (TPSA) is 46.5 Å². The number of esters is 1. The van der Waals surface area contributed by atoms with Gasteiger partial charge in [-0.25, -0.2) is 4.79 Å². The number of aliphatic hydroxyl groups is 1. The Balaban J connectivity index is 3.79. The van der Waals surface area contributed by atoms with E-state index in [1.165, 1.54) is 7.11 Å². The van der Waals surface area contributed by atoms with Gasteiger partial charge >= 0.3 is 5.97 Å². The first-order valence-corrected chi connectivity index (χ1v) is 2.68. The highest BCUT2D eigenvalue weighted by Gasteiger charge is 1.94. The zero-order chi connectivity index (χ0) is 7.28. The Hall–Kier alpha value is -0.990. The summed E-state index contributed by atoms with van der Waals surface area (Å²) in [6.45, 7) is 1.74. The van der Waals surface area contributed by atoms with E-state index in [0.717, 1.165) is 6.08 Å². The van der Waals surface area contributed by atoms with Crippen LogP contribution < -0.4 is 0 Å². The second-order valence-corrected chi connectivity index (χ2v) is 1.51. The maximum absolute atomic E-state index is 10.3. The Kier molecular flexibility index (Phi) is 3.51. The molecule has 3 nitrogen and oxygen atoms in total. The van der Waals surface area contributed by atoms with Crippen molar-refractivity contribution < 1.29 is 14.6 Å². The van der Waals surface area contributed by atoms with Crippen LogP contribution in [0.25, 0.3) is 0 Å². The Morgan fingerprint density at radius 1 is 1.78 bits per heavy atom. The van der Waals surface area contributed by atoms with Crippen LogP contribution in [0, 0.1) is 0 Å². The molecule has 0 aromatic heterocycles. The van der Waals surface area contributed by atoms with Crippen molar-refractivity contribution in [1.82, 2.24) is 0 Å². The third kappa shape index (κ3) is 3.58. The van der Waals surface area contributed by atoms with Crippen molar-refractivity contribution in [2.24, 2.45) is 0 Å². The molecule has 0 spiro atoms. The molecule has 52 valence electrons. The van der Waals surface area contributed by atoms with Crippen LogP contribution in [0.3, 0.4) is 0 Å². The Morgan fingerprint density at radius 2 is 2.33 bits per heavy atom. The third-order valence-electron chi connectivity index (χ3n) is 0.848. The summed E-state index contributed by atoms with van der Waals surface area (Å²) in [5.74, 6) is -0.476. The van der Waals surface area contributed by atoms with Gasteiger partial charge in [-0.3, -0.25) is 0 Å². The average molecular weight is 130 g/mol. The van der Waals surface area contributed by atoms with E-state index >= 15 is 0 Å². The van der Waals surface area contributed by atoms with Gasteiger partial charge in [0.2, 0.25) is 0 Å². The fourth-order valence-corrected chi connectivity index (χ4v) is 0.297. The first kappa shape index (κ1) is 8.01. The van der Waals surface area contributed by atoms with Gasteiger partial charge in [-0.05, 0) is 0 Å². The van der Waals surface area contributed by atoms with Crippen LogP contribution in [0.1, 0.15) is 13.3 Å². The van der Waals surface area contributed by atoms with Crippen molar-refractivity contribution in [3.63, 3.8) is 0 Å². The van der Waals surface area contributed by atoms with Gasteiger partial charge in [0.05, 0.1) is 18.9 Å². The third-order valence-corrected chi connectivity index (χ3v) is 0.848. The number of methoxy groups -OCH3 is 1. The number of carbonyl (C=O) groups excluding carboxylic acids is 1. The van der Waals surface area contributed by atoms with E-state index in [9.17, 15) is 4.79 Å². The first-order valence-electron chi connectivity index (χ1n) is 2.68. The van der Waals surface area contributed by atoms with E-state index in [1.807, 2.05) is 0 Å². The van der Waals surface area contributed by atoms with Crippen molar-refractivity contribution in [3.05, 3.63) is 11.8 Å². The molecule has 0 amide bonds. The Bertz CT molecular complexity index is 126. The van der Waals surface area contributed by atoms with Crippen LogP contribution >= 0.6 is 0 Å². The first-order chi connectivity index (χ1) is 4.20. The standard InChI is InChI=1S/C6H10O3/c1-3-5(7)4-6(8)9-2/h4,7H,3H2,1-2H3. The molecule has 1 N–H and O–H groups in total. The lowest BCUT2D eigenvalue weighted by Crippen LogP contribution is -1.96. The molecule has 0 aliphatic heterocycles. The largest absolute Gasteiger partial charge is 0.512 e. The van der Waals surface area contributed by atoms with Gasteiger partial charge in [0.1, 0.15) is 0 Å². The van der Waals surface area contributed by atoms with Crippen molar-refractivity contribution in [1.29, 1.82) is 0 Å². The minimum atomic E-state index is -0.519. The van der Waals surface area contributed by atoms with Crippen LogP contribution in [0.5, 0.6) is 0 Å². The summed E-state index contributed by atoms with van der Waals surface area (Å²) in [6.07, 6.45) is 1.51. The van der Waals surface area contributed by atoms with Gasteiger partial charge in [0, 0.05) is 6.42 Å². The molecule has 0 aliphatic rings. The van der Waals surface area contributed by atoms with E-state index in [1.54, 1.807) is 6.92 Å². The molecule has 0 aromatic carbocycles. The molecule has 0 saturated carbocycles. The van der Waals surface area contributed by atoms with Crippen molar-refractivity contribution in [2.75, 3.05) is 7.11 Å². The molecule has 0 saturated heterocycles. The lowest BCUT2D eigenvalue weighted by molar-refractivity contribution is -0.135. The Labute approximate surface area is 53.9 Å². The second-order valence-electron chi connectivity index (χ2n) is 1.51. The summed E-state index contributed by atoms with van der Waals surface area (Å²) in [4.78, 5) is 10.3. The summed E-state index contributed by atoms with van der Waals surface area (Å²) in [7, 11) is 1.27. The molecule has 0 radical (unpaired) electrons. The van der Waals surface area contributed by atoms with E-state index in [0.29, 0.717) is 6.42 Å². The fraction of sp³-hybridized carbons (Fsp3) is 0.500. The molecular weight excluding hydrogens is 120 g/mol. The number of ether oxygens (including phenoxy) is 1. The van der Waals surface area contributed by atoms with Crippen LogP contribution in [0.4, 0.5) is 0 Å². The molecule has 9 heavy (non-hydrogen) atoms. The Morgan fingerprint density at radius 3 is 2.67 bits per heavy atom. The maximum atomic E-state index is 10.3. The number of aliphatic hydroxyl groups excluding tert-OH is 1. The molecular formula is C6H10O3. The van der Waals surface area contributed by atoms with Crippen molar-refractivity contribution in [3.8, 4) is 0 Å². The molecule has 3 heteroatoms. The summed E-state index contributed by atoms with van der Waals surface area (Å²) >= 11 is 0. The van der Waals surface area contributed by atoms with Crippen LogP contribution in [0.2, 0.25) is 0 Å². The van der Waals surface area contributed by atoms with Gasteiger partial charge in [-0.15, -0.1) is 0 Å². The number of rotatable bonds is 2. The van der Waals surface area contributed by atoms with Crippen LogP contribution in [-0.2, 0) is 9.53 Å². The van der Waals surface area contributed by atoms with Crippen LogP contribution in [0.15, 0.2) is 11.8 Å². The minimum absolute atomic E-state index is 0.0434. The quantitative estimate of drug-likeness (QED) is 0.344. The highest BCUT2D eigenvalue weighted by atomic mass is 16.5. The lowest BCUT2D eigenvalue weighted by atomic mass is 10.4. The SMILES string of the molecule is CCC(O)=CC(=O)OC. The minimum Gasteiger partial charge on any atom is -0.512 e. The zero-order valence-corrected chi connectivity index (χ0v) is 5.55. The summed E-state index contributed by atoms with van der Waals surface area (Å²) in [5.41, 5.74) is 0. The van der Waals surface area contributed by atoms with Gasteiger partial charge in [0.25, 0.3) is 0 Å². The lowest BCUT2D eigenvalue weighted by Gasteiger charge is -1.92. The molecule has 0 heterocycles. The smallest absolute Gasteiger partial charge is 0.333 e. The summed E-state index contributed by atoms with van der Waals surface area (Å²) in [5, 5.41) is 8.72. The second kappa shape index (κ2) is 3.95. The van der Waals surface area contributed by atoms with E-state index in [2.05, 4.69) is 4.74 Å². The van der Waals surface area contributed by atoms with E-state index in [4.69, 9.17) is 5.11 Å². The molecule has 0 rings (SSSR count). The predicted molar refractivity (Wildman–Crippen MR) is 33.0 cm³/mol. The maximum Gasteiger partial charge on any atom is 0.333 e. The number of allylic oxidation sites excluding steroid dienone is 1. The molecule has 0 atom stereocenters. The molecule has 0 aliphatic carbocycles. The van der Waals surface area contributed by atoms with Gasteiger partial charge < -0.3 is 9.84 Å². The monoisotopic (exact) mass is 130 g/mol. The fourth-order valence-electron chi connectivity index (χ4n) is 0.297. The van der Waals surface area contributed by atoms with E-state index in [-0.39, 0.29) is 5.76 Å². The molecule has 0 fully saturated rings. The normalized spacial score (nSPS) is 11.1. The number of carbonyl (C=O) groups is 1. The molecule has 0 aromatic rings. The zero-order valence-electron chi connectivity index (χ0n) is 5.55. The number of hydrogen-bond acceptors (Lipinski definition) is 3. The van der Waals surface area contributed by atoms with Crippen LogP contribution in [-0.4, -0.2) is 18.2 Å². The summed E-state index contributed by atoms with van der Waals surface area (Å²) in [6, 6.07) is 0. The van der Waals surface area contributed by atoms with Gasteiger partial charge in [-0.2, -0.15) is 0 Å². The molecule has 0 unspecified atom stereocenters. The van der Waals surface area contributed by atoms with E-state index < -0.39 is 5.97 Å². The number of hydrogen-bond donors (Lipinski definition) is 1. The highest BCUT2D eigenvalue weighted by molar-refractivity contribution is 5.82. The predicted octanol–water partition coefficient (Wildman–Crippen LogP) is 1.01. The molecule has 0 bridgehead atoms. The van der Waals surface area contributed by atoms with Gasteiger partial charge in [0.15, 0.2) is 0 Å². The van der Waals surface area contributed by atoms with Gasteiger partial charge in [-0.1, -0.05) is 6.92 Å².